The van der Waals surface area contributed by atoms with Crippen molar-refractivity contribution < 1.29 is 8.84 Å². The maximum absolute atomic E-state index is 5.69. The molecular formula is C9H14O2Si. The van der Waals surface area contributed by atoms with Gasteiger partial charge in [-0.1, -0.05) is 12.8 Å². The van der Waals surface area contributed by atoms with Gasteiger partial charge in [0.1, 0.15) is 5.38 Å². The highest BCUT2D eigenvalue weighted by atomic mass is 28.4. The van der Waals surface area contributed by atoms with Gasteiger partial charge in [0.05, 0.1) is 6.26 Å². The van der Waals surface area contributed by atoms with E-state index in [1.165, 1.54) is 24.9 Å². The first-order chi connectivity index (χ1) is 5.87. The number of furan rings is 1. The number of rotatable bonds is 2. The molecule has 2 nitrogen and oxygen atoms in total. The van der Waals surface area contributed by atoms with E-state index in [0.29, 0.717) is 0 Å². The van der Waals surface area contributed by atoms with Gasteiger partial charge in [-0.05, 0) is 24.2 Å². The second-order valence-corrected chi connectivity index (χ2v) is 7.27. The molecule has 0 unspecified atom stereocenters. The minimum atomic E-state index is -1.60. The van der Waals surface area contributed by atoms with E-state index in [1.807, 2.05) is 13.2 Å². The van der Waals surface area contributed by atoms with Crippen LogP contribution in [0.1, 0.15) is 12.8 Å². The van der Waals surface area contributed by atoms with Gasteiger partial charge in [0, 0.05) is 7.11 Å². The summed E-state index contributed by atoms with van der Waals surface area (Å²) in [6, 6.07) is 6.50. The van der Waals surface area contributed by atoms with Gasteiger partial charge in [-0.2, -0.15) is 0 Å². The van der Waals surface area contributed by atoms with E-state index >= 15 is 0 Å². The first kappa shape index (κ1) is 8.07. The highest BCUT2D eigenvalue weighted by molar-refractivity contribution is 6.86. The molecule has 66 valence electrons. The molecule has 0 N–H and O–H groups in total. The summed E-state index contributed by atoms with van der Waals surface area (Å²) in [4.78, 5) is 0. The van der Waals surface area contributed by atoms with Crippen molar-refractivity contribution in [1.82, 2.24) is 0 Å². The predicted octanol–water partition coefficient (Wildman–Crippen LogP) is 1.87. The van der Waals surface area contributed by atoms with Crippen LogP contribution in [0.15, 0.2) is 22.8 Å². The van der Waals surface area contributed by atoms with E-state index in [1.54, 1.807) is 6.26 Å². The molecule has 3 heteroatoms. The third kappa shape index (κ3) is 1.13. The summed E-state index contributed by atoms with van der Waals surface area (Å²) in [7, 11) is 0.237. The maximum Gasteiger partial charge on any atom is 0.263 e. The molecule has 0 aromatic carbocycles. The van der Waals surface area contributed by atoms with Crippen LogP contribution in [0.3, 0.4) is 0 Å². The van der Waals surface area contributed by atoms with Crippen LogP contribution in [-0.2, 0) is 4.43 Å². The highest BCUT2D eigenvalue weighted by Gasteiger charge is 2.42. The van der Waals surface area contributed by atoms with Crippen molar-refractivity contribution in [3.8, 4) is 0 Å². The third-order valence-corrected chi connectivity index (χ3v) is 7.06. The van der Waals surface area contributed by atoms with Crippen LogP contribution in [0.4, 0.5) is 0 Å². The van der Waals surface area contributed by atoms with Crippen LogP contribution in [0, 0.1) is 0 Å². The second-order valence-electron chi connectivity index (χ2n) is 3.38. The zero-order valence-corrected chi connectivity index (χ0v) is 8.38. The molecule has 0 saturated carbocycles. The molecule has 1 aliphatic heterocycles. The lowest BCUT2D eigenvalue weighted by atomic mass is 10.4. The Kier molecular flexibility index (Phi) is 2.06. The van der Waals surface area contributed by atoms with Crippen molar-refractivity contribution in [3.05, 3.63) is 18.4 Å². The minimum Gasteiger partial charge on any atom is -0.471 e. The Labute approximate surface area is 73.7 Å². The lowest BCUT2D eigenvalue weighted by Crippen LogP contribution is -2.46. The fourth-order valence-electron chi connectivity index (χ4n) is 2.04. The Hall–Kier alpha value is -0.543. The molecule has 1 aromatic heterocycles. The average Bonchev–Trinajstić information content (AvgIpc) is 2.76. The van der Waals surface area contributed by atoms with Crippen molar-refractivity contribution in [2.45, 2.75) is 24.9 Å². The standard InChI is InChI=1S/C9H14O2Si/c1-10-12(7-2-3-8-12)9-5-4-6-11-9/h4-6H,2-3,7-8H2,1H3. The van der Waals surface area contributed by atoms with Crippen molar-refractivity contribution in [2.75, 3.05) is 7.11 Å². The molecule has 0 amide bonds. The van der Waals surface area contributed by atoms with Gasteiger partial charge in [0.15, 0.2) is 0 Å². The molecule has 0 radical (unpaired) electrons. The maximum atomic E-state index is 5.69. The van der Waals surface area contributed by atoms with Gasteiger partial charge < -0.3 is 8.84 Å². The fraction of sp³-hybridized carbons (Fsp3) is 0.556. The summed E-state index contributed by atoms with van der Waals surface area (Å²) >= 11 is 0. The van der Waals surface area contributed by atoms with Crippen LogP contribution in [0.5, 0.6) is 0 Å². The number of hydrogen-bond acceptors (Lipinski definition) is 2. The molecule has 1 fully saturated rings. The fourth-order valence-corrected chi connectivity index (χ4v) is 5.71. The average molecular weight is 182 g/mol. The van der Waals surface area contributed by atoms with E-state index < -0.39 is 8.32 Å². The molecule has 1 aromatic rings. The quantitative estimate of drug-likeness (QED) is 0.651. The summed E-state index contributed by atoms with van der Waals surface area (Å²) < 4.78 is 11.1. The van der Waals surface area contributed by atoms with Gasteiger partial charge in [-0.3, -0.25) is 0 Å². The minimum absolute atomic E-state index is 1.13. The first-order valence-corrected chi connectivity index (χ1v) is 6.79. The molecule has 12 heavy (non-hydrogen) atoms. The normalized spacial score (nSPS) is 21.4. The van der Waals surface area contributed by atoms with Gasteiger partial charge in [-0.25, -0.2) is 0 Å². The van der Waals surface area contributed by atoms with E-state index in [-0.39, 0.29) is 0 Å². The molecule has 2 rings (SSSR count). The van der Waals surface area contributed by atoms with Crippen molar-refractivity contribution in [3.63, 3.8) is 0 Å². The van der Waals surface area contributed by atoms with Crippen molar-refractivity contribution >= 4 is 13.7 Å². The van der Waals surface area contributed by atoms with Crippen molar-refractivity contribution in [2.24, 2.45) is 0 Å². The summed E-state index contributed by atoms with van der Waals surface area (Å²) in [6.07, 6.45) is 4.36. The third-order valence-electron chi connectivity index (χ3n) is 2.77. The zero-order valence-electron chi connectivity index (χ0n) is 7.38. The molecular weight excluding hydrogens is 168 g/mol. The van der Waals surface area contributed by atoms with E-state index in [2.05, 4.69) is 6.07 Å². The van der Waals surface area contributed by atoms with Crippen LogP contribution >= 0.6 is 0 Å². The molecule has 0 spiro atoms. The second kappa shape index (κ2) is 3.07. The van der Waals surface area contributed by atoms with E-state index in [4.69, 9.17) is 8.84 Å². The molecule has 0 bridgehead atoms. The predicted molar refractivity (Wildman–Crippen MR) is 50.0 cm³/mol. The van der Waals surface area contributed by atoms with E-state index in [0.717, 1.165) is 5.38 Å². The SMILES string of the molecule is CO[Si]1(c2ccco2)CCCC1. The van der Waals surface area contributed by atoms with Gasteiger partial charge in [-0.15, -0.1) is 0 Å². The van der Waals surface area contributed by atoms with E-state index in [9.17, 15) is 0 Å². The molecule has 0 atom stereocenters. The summed E-state index contributed by atoms with van der Waals surface area (Å²) in [5.41, 5.74) is 0. The highest BCUT2D eigenvalue weighted by Crippen LogP contribution is 2.30. The zero-order chi connectivity index (χ0) is 8.44. The first-order valence-electron chi connectivity index (χ1n) is 4.46. The Morgan fingerprint density at radius 2 is 2.17 bits per heavy atom. The smallest absolute Gasteiger partial charge is 0.263 e. The lowest BCUT2D eigenvalue weighted by molar-refractivity contribution is 0.399. The monoisotopic (exact) mass is 182 g/mol. The Morgan fingerprint density at radius 3 is 2.67 bits per heavy atom. The Balaban J connectivity index is 2.28. The molecule has 1 aliphatic rings. The van der Waals surface area contributed by atoms with Crippen LogP contribution in [-0.4, -0.2) is 15.4 Å². The summed E-state index contributed by atoms with van der Waals surface area (Å²) in [5, 5.41) is 1.13. The number of hydrogen-bond donors (Lipinski definition) is 0. The van der Waals surface area contributed by atoms with Gasteiger partial charge in [0.2, 0.25) is 0 Å². The molecule has 2 heterocycles. The van der Waals surface area contributed by atoms with Crippen LogP contribution in [0.25, 0.3) is 0 Å². The van der Waals surface area contributed by atoms with Crippen LogP contribution in [0.2, 0.25) is 12.1 Å². The Bertz CT molecular complexity index is 237. The molecule has 1 saturated heterocycles. The van der Waals surface area contributed by atoms with Crippen molar-refractivity contribution in [1.29, 1.82) is 0 Å². The lowest BCUT2D eigenvalue weighted by Gasteiger charge is -2.20. The summed E-state index contributed by atoms with van der Waals surface area (Å²) in [6.45, 7) is 0. The Morgan fingerprint density at radius 1 is 1.42 bits per heavy atom. The summed E-state index contributed by atoms with van der Waals surface area (Å²) in [5.74, 6) is 0. The van der Waals surface area contributed by atoms with Gasteiger partial charge >= 0.3 is 0 Å². The van der Waals surface area contributed by atoms with Gasteiger partial charge in [0.25, 0.3) is 8.32 Å². The largest absolute Gasteiger partial charge is 0.471 e. The topological polar surface area (TPSA) is 22.4 Å². The molecule has 0 aliphatic carbocycles. The van der Waals surface area contributed by atoms with Crippen LogP contribution < -0.4 is 5.38 Å².